The Morgan fingerprint density at radius 3 is 1.17 bits per heavy atom. The first-order valence-corrected chi connectivity index (χ1v) is 16.5. The quantitative estimate of drug-likeness (QED) is 0.528. The van der Waals surface area contributed by atoms with Gasteiger partial charge in [0.25, 0.3) is 0 Å². The maximum absolute atomic E-state index is 2.56. The molecule has 124 valence electrons. The van der Waals surface area contributed by atoms with Gasteiger partial charge in [0.15, 0.2) is 0 Å². The molecule has 0 N–H and O–H groups in total. The third-order valence-electron chi connectivity index (χ3n) is 5.21. The van der Waals surface area contributed by atoms with Crippen molar-refractivity contribution in [3.63, 3.8) is 0 Å². The highest BCUT2D eigenvalue weighted by Gasteiger charge is 2.57. The van der Waals surface area contributed by atoms with Crippen LogP contribution in [0.5, 0.6) is 0 Å². The fourth-order valence-electron chi connectivity index (χ4n) is 3.97. The van der Waals surface area contributed by atoms with Crippen LogP contribution in [0.1, 0.15) is 0 Å². The Hall–Kier alpha value is -0.426. The van der Waals surface area contributed by atoms with Crippen LogP contribution in [-0.4, -0.2) is 32.0 Å². The fourth-order valence-corrected chi connectivity index (χ4v) is 24.1. The zero-order valence-corrected chi connectivity index (χ0v) is 18.7. The minimum absolute atomic E-state index is 0.294. The molecule has 2 aromatic rings. The number of hydrogen-bond acceptors (Lipinski definition) is 2. The summed E-state index contributed by atoms with van der Waals surface area (Å²) in [6.07, 6.45) is 4.65. The van der Waals surface area contributed by atoms with Gasteiger partial charge < -0.3 is 0 Å². The molecule has 0 heterocycles. The summed E-state index contributed by atoms with van der Waals surface area (Å²) in [7, 11) is -3.38. The first-order chi connectivity index (χ1) is 10.8. The Morgan fingerprint density at radius 2 is 0.913 bits per heavy atom. The highest BCUT2D eigenvalue weighted by molar-refractivity contribution is 8.23. The number of rotatable bonds is 6. The highest BCUT2D eigenvalue weighted by Crippen LogP contribution is 2.48. The van der Waals surface area contributed by atoms with Crippen LogP contribution in [0.15, 0.2) is 60.7 Å². The molecule has 0 aliphatic heterocycles. The average molecular weight is 377 g/mol. The van der Waals surface area contributed by atoms with Crippen molar-refractivity contribution < 1.29 is 0 Å². The van der Waals surface area contributed by atoms with E-state index in [1.807, 2.05) is 0 Å². The lowest BCUT2D eigenvalue weighted by Crippen LogP contribution is -2.73. The lowest BCUT2D eigenvalue weighted by Gasteiger charge is -2.52. The normalized spacial score (nSPS) is 13.1. The first kappa shape index (κ1) is 18.9. The topological polar surface area (TPSA) is 0 Å². The fraction of sp³-hybridized carbons (Fsp3) is 0.368. The summed E-state index contributed by atoms with van der Waals surface area (Å²) >= 11 is 4.21. The minimum atomic E-state index is -1.69. The minimum Gasteiger partial charge on any atom is -0.154 e. The van der Waals surface area contributed by atoms with E-state index in [2.05, 4.69) is 123 Å². The molecule has 0 aromatic heterocycles. The van der Waals surface area contributed by atoms with Crippen LogP contribution in [0.3, 0.4) is 0 Å². The van der Waals surface area contributed by atoms with Crippen molar-refractivity contribution in [2.45, 2.75) is 29.5 Å². The van der Waals surface area contributed by atoms with Gasteiger partial charge in [-0.2, -0.15) is 23.5 Å². The molecule has 0 nitrogen and oxygen atoms in total. The van der Waals surface area contributed by atoms with Crippen LogP contribution < -0.4 is 10.4 Å². The highest BCUT2D eigenvalue weighted by atomic mass is 32.2. The SMILES string of the molecule is CSC(SC)([Si](C)(C)c1ccccc1)[Si](C)(C)c1ccccc1. The number of benzene rings is 2. The Kier molecular flexibility index (Phi) is 5.93. The molecular weight excluding hydrogens is 349 g/mol. The molecule has 2 rings (SSSR count). The maximum Gasteiger partial charge on any atom is 0.107 e. The van der Waals surface area contributed by atoms with E-state index in [0.29, 0.717) is 3.33 Å². The largest absolute Gasteiger partial charge is 0.154 e. The molecule has 2 aromatic carbocycles. The Bertz CT molecular complexity index is 567. The van der Waals surface area contributed by atoms with E-state index in [1.54, 1.807) is 10.4 Å². The lowest BCUT2D eigenvalue weighted by molar-refractivity contribution is 1.43. The van der Waals surface area contributed by atoms with Crippen molar-refractivity contribution in [3.05, 3.63) is 60.7 Å². The molecule has 0 bridgehead atoms. The zero-order chi connectivity index (χ0) is 17.1. The molecule has 0 spiro atoms. The molecule has 0 fully saturated rings. The van der Waals surface area contributed by atoms with Gasteiger partial charge >= 0.3 is 0 Å². The van der Waals surface area contributed by atoms with Gasteiger partial charge in [-0.1, -0.05) is 97.2 Å². The summed E-state index contributed by atoms with van der Waals surface area (Å²) in [5.74, 6) is 0. The first-order valence-electron chi connectivity index (χ1n) is 8.05. The summed E-state index contributed by atoms with van der Waals surface area (Å²) in [5.41, 5.74) is 0. The van der Waals surface area contributed by atoms with Crippen LogP contribution in [0.4, 0.5) is 0 Å². The number of hydrogen-bond donors (Lipinski definition) is 0. The van der Waals surface area contributed by atoms with E-state index in [9.17, 15) is 0 Å². The van der Waals surface area contributed by atoms with E-state index >= 15 is 0 Å². The molecule has 0 amide bonds. The van der Waals surface area contributed by atoms with Crippen molar-refractivity contribution in [2.24, 2.45) is 0 Å². The lowest BCUT2D eigenvalue weighted by atomic mass is 10.4. The van der Waals surface area contributed by atoms with Gasteiger partial charge in [-0.15, -0.1) is 0 Å². The second-order valence-electron chi connectivity index (χ2n) is 7.01. The zero-order valence-electron chi connectivity index (χ0n) is 15.1. The Morgan fingerprint density at radius 1 is 0.609 bits per heavy atom. The van der Waals surface area contributed by atoms with E-state index in [0.717, 1.165) is 0 Å². The van der Waals surface area contributed by atoms with Gasteiger partial charge in [0.1, 0.15) is 16.1 Å². The molecule has 0 unspecified atom stereocenters. The molecule has 0 atom stereocenters. The number of thioether (sulfide) groups is 2. The van der Waals surface area contributed by atoms with Gasteiger partial charge in [-0.3, -0.25) is 0 Å². The molecule has 0 radical (unpaired) electrons. The summed E-state index contributed by atoms with van der Waals surface area (Å²) in [6.45, 7) is 10.3. The molecule has 0 aliphatic carbocycles. The van der Waals surface area contributed by atoms with E-state index < -0.39 is 16.1 Å². The smallest absolute Gasteiger partial charge is 0.107 e. The second kappa shape index (κ2) is 7.22. The van der Waals surface area contributed by atoms with Crippen LogP contribution in [0.25, 0.3) is 0 Å². The predicted molar refractivity (Wildman–Crippen MR) is 117 cm³/mol. The van der Waals surface area contributed by atoms with Crippen LogP contribution >= 0.6 is 23.5 Å². The molecule has 0 saturated heterocycles. The van der Waals surface area contributed by atoms with Crippen molar-refractivity contribution in [2.75, 3.05) is 12.5 Å². The molecule has 23 heavy (non-hydrogen) atoms. The molecular formula is C19H28S2Si2. The van der Waals surface area contributed by atoms with Crippen LogP contribution in [0.2, 0.25) is 26.2 Å². The van der Waals surface area contributed by atoms with Crippen molar-refractivity contribution >= 4 is 50.0 Å². The molecule has 0 aliphatic rings. The predicted octanol–water partition coefficient (Wildman–Crippen LogP) is 4.72. The van der Waals surface area contributed by atoms with Gasteiger partial charge in [-0.25, -0.2) is 0 Å². The van der Waals surface area contributed by atoms with Gasteiger partial charge in [0.05, 0.1) is 3.33 Å². The van der Waals surface area contributed by atoms with Crippen molar-refractivity contribution in [3.8, 4) is 0 Å². The van der Waals surface area contributed by atoms with E-state index in [4.69, 9.17) is 0 Å². The maximum atomic E-state index is 2.56. The van der Waals surface area contributed by atoms with Crippen molar-refractivity contribution in [1.82, 2.24) is 0 Å². The summed E-state index contributed by atoms with van der Waals surface area (Å²) in [5, 5.41) is 3.14. The summed E-state index contributed by atoms with van der Waals surface area (Å²) in [4.78, 5) is 0. The monoisotopic (exact) mass is 376 g/mol. The summed E-state index contributed by atoms with van der Waals surface area (Å²) < 4.78 is 0.294. The van der Waals surface area contributed by atoms with E-state index in [1.165, 1.54) is 0 Å². The second-order valence-corrected chi connectivity index (χ2v) is 20.4. The molecule has 0 saturated carbocycles. The van der Waals surface area contributed by atoms with Crippen molar-refractivity contribution in [1.29, 1.82) is 0 Å². The van der Waals surface area contributed by atoms with Crippen LogP contribution in [-0.2, 0) is 0 Å². The van der Waals surface area contributed by atoms with Crippen LogP contribution in [0, 0.1) is 0 Å². The Balaban J connectivity index is 2.64. The van der Waals surface area contributed by atoms with E-state index in [-0.39, 0.29) is 0 Å². The average Bonchev–Trinajstić information content (AvgIpc) is 2.57. The van der Waals surface area contributed by atoms with Gasteiger partial charge in [0.2, 0.25) is 0 Å². The third-order valence-corrected chi connectivity index (χ3v) is 26.5. The molecule has 4 heteroatoms. The third kappa shape index (κ3) is 3.11. The van der Waals surface area contributed by atoms with Gasteiger partial charge in [-0.05, 0) is 12.5 Å². The standard InChI is InChI=1S/C19H28S2Si2/c1-20-19(21-2,22(3,4)17-13-9-7-10-14-17)23(5,6)18-15-11-8-12-16-18/h7-16H,1-6H3. The Labute approximate surface area is 152 Å². The van der Waals surface area contributed by atoms with Gasteiger partial charge in [0, 0.05) is 0 Å². The summed E-state index contributed by atoms with van der Waals surface area (Å²) in [6, 6.07) is 22.5.